The second kappa shape index (κ2) is 3.62. The molecule has 15 heavy (non-hydrogen) atoms. The summed E-state index contributed by atoms with van der Waals surface area (Å²) in [5.41, 5.74) is 0.286. The Morgan fingerprint density at radius 2 is 1.93 bits per heavy atom. The molecule has 3 rings (SSSR count). The first-order valence-electron chi connectivity index (χ1n) is 6.68. The van der Waals surface area contributed by atoms with Crippen LogP contribution in [-0.4, -0.2) is 11.2 Å². The fourth-order valence-corrected chi connectivity index (χ4v) is 4.39. The zero-order chi connectivity index (χ0) is 10.3. The topological polar surface area (TPSA) is 20.2 Å². The van der Waals surface area contributed by atoms with Crippen molar-refractivity contribution < 1.29 is 5.11 Å². The fourth-order valence-electron chi connectivity index (χ4n) is 4.39. The van der Waals surface area contributed by atoms with Gasteiger partial charge in [-0.1, -0.05) is 31.4 Å². The maximum Gasteiger partial charge on any atom is 0.0633 e. The Labute approximate surface area is 92.6 Å². The molecular weight excluding hydrogens is 184 g/mol. The summed E-state index contributed by atoms with van der Waals surface area (Å²) in [4.78, 5) is 0. The van der Waals surface area contributed by atoms with Gasteiger partial charge >= 0.3 is 0 Å². The van der Waals surface area contributed by atoms with Gasteiger partial charge in [-0.15, -0.1) is 0 Å². The molecule has 4 atom stereocenters. The Bertz CT molecular complexity index is 271. The standard InChI is InChI=1S/C14H22O/c15-13-11-5-1-2-9-14(13)10-4-8-12(14)7-3-6-11/h3,7,11-13,15H,1-2,4-6,8-10H2/t11-,12+,13-,14-/m1/s1. The van der Waals surface area contributed by atoms with E-state index in [2.05, 4.69) is 12.2 Å². The summed E-state index contributed by atoms with van der Waals surface area (Å²) >= 11 is 0. The van der Waals surface area contributed by atoms with E-state index in [0.29, 0.717) is 11.8 Å². The highest BCUT2D eigenvalue weighted by Gasteiger charge is 2.50. The van der Waals surface area contributed by atoms with E-state index >= 15 is 0 Å². The lowest BCUT2D eigenvalue weighted by molar-refractivity contribution is -0.0276. The molecule has 0 aromatic rings. The number of hydrogen-bond acceptors (Lipinski definition) is 1. The van der Waals surface area contributed by atoms with Crippen LogP contribution in [0.1, 0.15) is 51.4 Å². The molecule has 0 aromatic carbocycles. The summed E-state index contributed by atoms with van der Waals surface area (Å²) in [6.45, 7) is 0. The second-order valence-corrected chi connectivity index (χ2v) is 5.85. The molecule has 2 bridgehead atoms. The molecule has 84 valence electrons. The lowest BCUT2D eigenvalue weighted by Gasteiger charge is -2.39. The van der Waals surface area contributed by atoms with Crippen molar-refractivity contribution in [3.63, 3.8) is 0 Å². The Balaban J connectivity index is 2.00. The van der Waals surface area contributed by atoms with Crippen LogP contribution in [-0.2, 0) is 0 Å². The summed E-state index contributed by atoms with van der Waals surface area (Å²) in [5.74, 6) is 1.25. The first-order chi connectivity index (χ1) is 7.33. The first-order valence-corrected chi connectivity index (χ1v) is 6.68. The Morgan fingerprint density at radius 1 is 1.07 bits per heavy atom. The van der Waals surface area contributed by atoms with Gasteiger partial charge in [0.15, 0.2) is 0 Å². The average Bonchev–Trinajstić information content (AvgIpc) is 2.54. The van der Waals surface area contributed by atoms with Gasteiger partial charge in [-0.2, -0.15) is 0 Å². The predicted octanol–water partition coefficient (Wildman–Crippen LogP) is 3.28. The van der Waals surface area contributed by atoms with Crippen LogP contribution >= 0.6 is 0 Å². The van der Waals surface area contributed by atoms with Crippen LogP contribution in [0.2, 0.25) is 0 Å². The van der Waals surface area contributed by atoms with Crippen molar-refractivity contribution >= 4 is 0 Å². The van der Waals surface area contributed by atoms with Crippen molar-refractivity contribution in [3.8, 4) is 0 Å². The zero-order valence-corrected chi connectivity index (χ0v) is 9.49. The lowest BCUT2D eigenvalue weighted by atomic mass is 9.69. The monoisotopic (exact) mass is 206 g/mol. The quantitative estimate of drug-likeness (QED) is 0.603. The molecule has 1 N–H and O–H groups in total. The summed E-state index contributed by atoms with van der Waals surface area (Å²) in [6.07, 6.45) is 15.0. The van der Waals surface area contributed by atoms with Crippen molar-refractivity contribution in [2.45, 2.75) is 57.5 Å². The molecule has 0 heterocycles. The molecule has 0 amide bonds. The minimum absolute atomic E-state index is 0.0116. The smallest absolute Gasteiger partial charge is 0.0633 e. The van der Waals surface area contributed by atoms with Crippen LogP contribution in [0, 0.1) is 17.3 Å². The van der Waals surface area contributed by atoms with Gasteiger partial charge in [-0.3, -0.25) is 0 Å². The van der Waals surface area contributed by atoms with Crippen LogP contribution < -0.4 is 0 Å². The molecule has 0 saturated heterocycles. The van der Waals surface area contributed by atoms with Gasteiger partial charge in [0.2, 0.25) is 0 Å². The average molecular weight is 206 g/mol. The van der Waals surface area contributed by atoms with Crippen molar-refractivity contribution in [2.75, 3.05) is 0 Å². The van der Waals surface area contributed by atoms with Gasteiger partial charge in [0.1, 0.15) is 0 Å². The lowest BCUT2D eigenvalue weighted by Crippen LogP contribution is -2.40. The van der Waals surface area contributed by atoms with Crippen LogP contribution in [0.4, 0.5) is 0 Å². The third kappa shape index (κ3) is 1.39. The van der Waals surface area contributed by atoms with E-state index in [4.69, 9.17) is 0 Å². The molecule has 1 nitrogen and oxygen atoms in total. The molecule has 0 aliphatic heterocycles. The van der Waals surface area contributed by atoms with Gasteiger partial charge < -0.3 is 5.11 Å². The first kappa shape index (κ1) is 9.89. The molecule has 2 saturated carbocycles. The Hall–Kier alpha value is -0.300. The molecule has 1 spiro atoms. The number of rotatable bonds is 0. The highest BCUT2D eigenvalue weighted by molar-refractivity contribution is 5.11. The highest BCUT2D eigenvalue weighted by Crippen LogP contribution is 2.55. The molecule has 0 aromatic heterocycles. The summed E-state index contributed by atoms with van der Waals surface area (Å²) in [6, 6.07) is 0. The summed E-state index contributed by atoms with van der Waals surface area (Å²) < 4.78 is 0. The normalized spacial score (nSPS) is 49.5. The van der Waals surface area contributed by atoms with Crippen molar-refractivity contribution in [1.29, 1.82) is 0 Å². The third-order valence-corrected chi connectivity index (χ3v) is 5.21. The van der Waals surface area contributed by atoms with Gasteiger partial charge in [-0.25, -0.2) is 0 Å². The minimum atomic E-state index is -0.0116. The van der Waals surface area contributed by atoms with Gasteiger partial charge in [0.25, 0.3) is 0 Å². The van der Waals surface area contributed by atoms with Crippen LogP contribution in [0.5, 0.6) is 0 Å². The number of aliphatic hydroxyl groups is 1. The molecule has 1 heteroatoms. The molecule has 2 fully saturated rings. The molecule has 3 aliphatic carbocycles. The van der Waals surface area contributed by atoms with Crippen LogP contribution in [0.25, 0.3) is 0 Å². The fraction of sp³-hybridized carbons (Fsp3) is 0.857. The molecular formula is C14H22O. The van der Waals surface area contributed by atoms with Crippen LogP contribution in [0.3, 0.4) is 0 Å². The Kier molecular flexibility index (Phi) is 2.39. The predicted molar refractivity (Wildman–Crippen MR) is 61.5 cm³/mol. The summed E-state index contributed by atoms with van der Waals surface area (Å²) in [7, 11) is 0. The SMILES string of the molecule is O[C@@H]1[C@H]2CC=C[C@H]3CCC[C@@]13CCCC2. The third-order valence-electron chi connectivity index (χ3n) is 5.21. The van der Waals surface area contributed by atoms with Crippen molar-refractivity contribution in [3.05, 3.63) is 12.2 Å². The van der Waals surface area contributed by atoms with E-state index in [0.717, 1.165) is 6.42 Å². The highest BCUT2D eigenvalue weighted by atomic mass is 16.3. The van der Waals surface area contributed by atoms with E-state index < -0.39 is 0 Å². The number of allylic oxidation sites excluding steroid dienone is 2. The van der Waals surface area contributed by atoms with Crippen molar-refractivity contribution in [2.24, 2.45) is 17.3 Å². The zero-order valence-electron chi connectivity index (χ0n) is 9.49. The second-order valence-electron chi connectivity index (χ2n) is 5.85. The maximum absolute atomic E-state index is 10.7. The van der Waals surface area contributed by atoms with Crippen LogP contribution in [0.15, 0.2) is 12.2 Å². The van der Waals surface area contributed by atoms with Crippen molar-refractivity contribution in [1.82, 2.24) is 0 Å². The molecule has 3 aliphatic rings. The largest absolute Gasteiger partial charge is 0.392 e. The van der Waals surface area contributed by atoms with E-state index in [1.54, 1.807) is 0 Å². The number of hydrogen-bond donors (Lipinski definition) is 1. The Morgan fingerprint density at radius 3 is 2.87 bits per heavy atom. The number of aliphatic hydroxyl groups excluding tert-OH is 1. The minimum Gasteiger partial charge on any atom is -0.392 e. The van der Waals surface area contributed by atoms with E-state index in [1.165, 1.54) is 44.9 Å². The summed E-state index contributed by atoms with van der Waals surface area (Å²) in [5, 5.41) is 10.7. The van der Waals surface area contributed by atoms with E-state index in [9.17, 15) is 5.11 Å². The number of fused-ring (bicyclic) bond motifs is 1. The molecule has 0 unspecified atom stereocenters. The van der Waals surface area contributed by atoms with E-state index in [-0.39, 0.29) is 11.5 Å². The van der Waals surface area contributed by atoms with E-state index in [1.807, 2.05) is 0 Å². The van der Waals surface area contributed by atoms with Gasteiger partial charge in [0.05, 0.1) is 6.10 Å². The van der Waals surface area contributed by atoms with Gasteiger partial charge in [-0.05, 0) is 43.9 Å². The van der Waals surface area contributed by atoms with Gasteiger partial charge in [0, 0.05) is 5.41 Å². The molecule has 0 radical (unpaired) electrons. The maximum atomic E-state index is 10.7.